The molecule has 0 spiro atoms. The topological polar surface area (TPSA) is 38.7 Å². The number of benzene rings is 1. The minimum absolute atomic E-state index is 0.0447. The molecule has 2 rings (SSSR count). The van der Waals surface area contributed by atoms with Gasteiger partial charge in [-0.1, -0.05) is 26.8 Å². The number of aliphatic hydroxyl groups excluding tert-OH is 1. The summed E-state index contributed by atoms with van der Waals surface area (Å²) in [6.07, 6.45) is 1.62. The molecule has 3 nitrogen and oxygen atoms in total. The van der Waals surface area contributed by atoms with Gasteiger partial charge in [0, 0.05) is 6.42 Å². The quantitative estimate of drug-likeness (QED) is 0.914. The Hall–Kier alpha value is -1.06. The molecule has 0 saturated carbocycles. The van der Waals surface area contributed by atoms with E-state index >= 15 is 0 Å². The SMILES string of the molecule is CCc1ccc(OC2CC(O)CC(C)O2)cc1C(C)C. The first-order valence-corrected chi connectivity index (χ1v) is 7.62. The maximum absolute atomic E-state index is 9.79. The Kier molecular flexibility index (Phi) is 5.06. The van der Waals surface area contributed by atoms with Crippen molar-refractivity contribution in [3.8, 4) is 5.75 Å². The van der Waals surface area contributed by atoms with E-state index in [0.29, 0.717) is 18.8 Å². The minimum Gasteiger partial charge on any atom is -0.465 e. The Morgan fingerprint density at radius 2 is 2.10 bits per heavy atom. The van der Waals surface area contributed by atoms with Gasteiger partial charge >= 0.3 is 0 Å². The first-order chi connectivity index (χ1) is 9.49. The van der Waals surface area contributed by atoms with Crippen LogP contribution in [-0.4, -0.2) is 23.6 Å². The second-order valence-electron chi connectivity index (χ2n) is 5.99. The van der Waals surface area contributed by atoms with Crippen molar-refractivity contribution in [1.29, 1.82) is 0 Å². The first kappa shape index (κ1) is 15.3. The molecule has 1 N–H and O–H groups in total. The summed E-state index contributed by atoms with van der Waals surface area (Å²) >= 11 is 0. The third-order valence-electron chi connectivity index (χ3n) is 3.84. The molecular formula is C17H26O3. The average Bonchev–Trinajstić information content (AvgIpc) is 2.37. The lowest BCUT2D eigenvalue weighted by Gasteiger charge is -2.31. The van der Waals surface area contributed by atoms with Gasteiger partial charge in [0.1, 0.15) is 5.75 Å². The van der Waals surface area contributed by atoms with Crippen molar-refractivity contribution >= 4 is 0 Å². The number of aryl methyl sites for hydroxylation is 1. The predicted molar refractivity (Wildman–Crippen MR) is 80.1 cm³/mol. The van der Waals surface area contributed by atoms with Crippen LogP contribution in [0.1, 0.15) is 57.6 Å². The molecule has 1 aromatic carbocycles. The van der Waals surface area contributed by atoms with Gasteiger partial charge in [0.25, 0.3) is 0 Å². The molecule has 3 unspecified atom stereocenters. The van der Waals surface area contributed by atoms with Crippen molar-refractivity contribution in [1.82, 2.24) is 0 Å². The van der Waals surface area contributed by atoms with E-state index in [4.69, 9.17) is 9.47 Å². The van der Waals surface area contributed by atoms with E-state index in [-0.39, 0.29) is 18.5 Å². The summed E-state index contributed by atoms with van der Waals surface area (Å²) in [5.74, 6) is 1.31. The molecule has 0 amide bonds. The van der Waals surface area contributed by atoms with Gasteiger partial charge in [0.15, 0.2) is 0 Å². The van der Waals surface area contributed by atoms with Crippen LogP contribution in [0, 0.1) is 0 Å². The molecule has 0 bridgehead atoms. The summed E-state index contributed by atoms with van der Waals surface area (Å²) in [6, 6.07) is 6.24. The molecule has 1 fully saturated rings. The summed E-state index contributed by atoms with van der Waals surface area (Å²) in [4.78, 5) is 0. The van der Waals surface area contributed by atoms with Crippen LogP contribution in [0.4, 0.5) is 0 Å². The lowest BCUT2D eigenvalue weighted by molar-refractivity contribution is -0.170. The van der Waals surface area contributed by atoms with E-state index in [0.717, 1.165) is 12.2 Å². The number of aliphatic hydroxyl groups is 1. The van der Waals surface area contributed by atoms with E-state index in [1.54, 1.807) is 0 Å². The van der Waals surface area contributed by atoms with Crippen LogP contribution in [0.2, 0.25) is 0 Å². The highest BCUT2D eigenvalue weighted by molar-refractivity contribution is 5.37. The first-order valence-electron chi connectivity index (χ1n) is 7.62. The third-order valence-corrected chi connectivity index (χ3v) is 3.84. The van der Waals surface area contributed by atoms with Crippen LogP contribution in [0.25, 0.3) is 0 Å². The van der Waals surface area contributed by atoms with E-state index < -0.39 is 0 Å². The van der Waals surface area contributed by atoms with Gasteiger partial charge in [0.05, 0.1) is 12.2 Å². The molecule has 3 atom stereocenters. The van der Waals surface area contributed by atoms with Crippen LogP contribution in [-0.2, 0) is 11.2 Å². The highest BCUT2D eigenvalue weighted by atomic mass is 16.7. The normalized spacial score (nSPS) is 26.8. The second kappa shape index (κ2) is 6.59. The number of ether oxygens (including phenoxy) is 2. The Morgan fingerprint density at radius 3 is 2.70 bits per heavy atom. The van der Waals surface area contributed by atoms with Crippen molar-refractivity contribution in [2.45, 2.75) is 71.4 Å². The van der Waals surface area contributed by atoms with Gasteiger partial charge in [-0.2, -0.15) is 0 Å². The van der Waals surface area contributed by atoms with Gasteiger partial charge < -0.3 is 14.6 Å². The monoisotopic (exact) mass is 278 g/mol. The zero-order valence-corrected chi connectivity index (χ0v) is 12.9. The predicted octanol–water partition coefficient (Wildman–Crippen LogP) is 3.64. The Balaban J connectivity index is 2.11. The molecule has 112 valence electrons. The molecular weight excluding hydrogens is 252 g/mol. The van der Waals surface area contributed by atoms with Crippen molar-refractivity contribution in [3.63, 3.8) is 0 Å². The largest absolute Gasteiger partial charge is 0.465 e. The standard InChI is InChI=1S/C17H26O3/c1-5-13-6-7-15(10-16(13)11(2)3)20-17-9-14(18)8-12(4)19-17/h6-7,10-12,14,17-18H,5,8-9H2,1-4H3. The molecule has 0 aliphatic carbocycles. The maximum atomic E-state index is 9.79. The second-order valence-corrected chi connectivity index (χ2v) is 5.99. The molecule has 1 aliphatic heterocycles. The molecule has 0 aromatic heterocycles. The highest BCUT2D eigenvalue weighted by Gasteiger charge is 2.27. The van der Waals surface area contributed by atoms with E-state index in [9.17, 15) is 5.11 Å². The summed E-state index contributed by atoms with van der Waals surface area (Å²) < 4.78 is 11.6. The third kappa shape index (κ3) is 3.74. The molecule has 0 radical (unpaired) electrons. The van der Waals surface area contributed by atoms with Crippen LogP contribution in [0.5, 0.6) is 5.75 Å². The van der Waals surface area contributed by atoms with Crippen LogP contribution < -0.4 is 4.74 Å². The Morgan fingerprint density at radius 1 is 1.35 bits per heavy atom. The van der Waals surface area contributed by atoms with Crippen molar-refractivity contribution < 1.29 is 14.6 Å². The number of rotatable bonds is 4. The van der Waals surface area contributed by atoms with Crippen LogP contribution >= 0.6 is 0 Å². The summed E-state index contributed by atoms with van der Waals surface area (Å²) in [6.45, 7) is 8.53. The Bertz CT molecular complexity index is 432. The van der Waals surface area contributed by atoms with Crippen molar-refractivity contribution in [2.24, 2.45) is 0 Å². The smallest absolute Gasteiger partial charge is 0.202 e. The molecule has 1 aromatic rings. The lowest BCUT2D eigenvalue weighted by Crippen LogP contribution is -2.37. The van der Waals surface area contributed by atoms with Gasteiger partial charge in [-0.05, 0) is 48.9 Å². The van der Waals surface area contributed by atoms with E-state index in [2.05, 4.69) is 32.9 Å². The zero-order chi connectivity index (χ0) is 14.7. The van der Waals surface area contributed by atoms with Crippen molar-refractivity contribution in [3.05, 3.63) is 29.3 Å². The summed E-state index contributed by atoms with van der Waals surface area (Å²) in [5.41, 5.74) is 2.69. The molecule has 20 heavy (non-hydrogen) atoms. The zero-order valence-electron chi connectivity index (χ0n) is 12.9. The van der Waals surface area contributed by atoms with Gasteiger partial charge in [-0.3, -0.25) is 0 Å². The van der Waals surface area contributed by atoms with Gasteiger partial charge in [-0.15, -0.1) is 0 Å². The van der Waals surface area contributed by atoms with Crippen LogP contribution in [0.3, 0.4) is 0 Å². The highest BCUT2D eigenvalue weighted by Crippen LogP contribution is 2.28. The number of hydrogen-bond acceptors (Lipinski definition) is 3. The molecule has 1 saturated heterocycles. The van der Waals surface area contributed by atoms with E-state index in [1.165, 1.54) is 11.1 Å². The van der Waals surface area contributed by atoms with Gasteiger partial charge in [0.2, 0.25) is 6.29 Å². The Labute approximate surface area is 121 Å². The fraction of sp³-hybridized carbons (Fsp3) is 0.647. The molecule has 1 aliphatic rings. The van der Waals surface area contributed by atoms with E-state index in [1.807, 2.05) is 13.0 Å². The molecule has 1 heterocycles. The number of hydrogen-bond donors (Lipinski definition) is 1. The minimum atomic E-state index is -0.346. The van der Waals surface area contributed by atoms with Gasteiger partial charge in [-0.25, -0.2) is 0 Å². The van der Waals surface area contributed by atoms with Crippen LogP contribution in [0.15, 0.2) is 18.2 Å². The lowest BCUT2D eigenvalue weighted by atomic mass is 9.95. The average molecular weight is 278 g/mol. The maximum Gasteiger partial charge on any atom is 0.202 e. The fourth-order valence-electron chi connectivity index (χ4n) is 2.81. The summed E-state index contributed by atoms with van der Waals surface area (Å²) in [5, 5.41) is 9.79. The fourth-order valence-corrected chi connectivity index (χ4v) is 2.81. The van der Waals surface area contributed by atoms with Crippen molar-refractivity contribution in [2.75, 3.05) is 0 Å². The summed E-state index contributed by atoms with van der Waals surface area (Å²) in [7, 11) is 0. The molecule has 3 heteroatoms.